The van der Waals surface area contributed by atoms with Gasteiger partial charge < -0.3 is 14.2 Å². The molecule has 1 N–H and O–H groups in total. The van der Waals surface area contributed by atoms with Gasteiger partial charge in [0.25, 0.3) is 5.91 Å². The largest absolute Gasteiger partial charge is 0.467 e. The van der Waals surface area contributed by atoms with E-state index in [1.165, 1.54) is 6.92 Å². The number of rotatable bonds is 5. The Morgan fingerprint density at radius 3 is 2.84 bits per heavy atom. The highest BCUT2D eigenvalue weighted by Gasteiger charge is 2.35. The standard InChI is InChI=1S/C16H21N5O4/c1-11-15(21(23)24)14(18-17-11)16(22)20(10-13-4-3-9-25-13)12-5-7-19(2)8-6-12/h3-4,9,12H,5-8,10H2,1-2H3,(H,17,18). The first kappa shape index (κ1) is 17.2. The molecule has 1 amide bonds. The van der Waals surface area contributed by atoms with Gasteiger partial charge in [-0.25, -0.2) is 0 Å². The third-order valence-electron chi connectivity index (χ3n) is 4.60. The van der Waals surface area contributed by atoms with Crippen molar-refractivity contribution in [2.24, 2.45) is 0 Å². The van der Waals surface area contributed by atoms with E-state index in [4.69, 9.17) is 4.42 Å². The van der Waals surface area contributed by atoms with Crippen molar-refractivity contribution in [3.05, 3.63) is 45.7 Å². The summed E-state index contributed by atoms with van der Waals surface area (Å²) in [5.74, 6) is 0.198. The summed E-state index contributed by atoms with van der Waals surface area (Å²) in [4.78, 5) is 27.7. The van der Waals surface area contributed by atoms with Crippen LogP contribution in [-0.2, 0) is 6.54 Å². The van der Waals surface area contributed by atoms with Crippen molar-refractivity contribution in [2.45, 2.75) is 32.4 Å². The Hall–Kier alpha value is -2.68. The number of furan rings is 1. The summed E-state index contributed by atoms with van der Waals surface area (Å²) in [6.07, 6.45) is 3.16. The number of hydrogen-bond acceptors (Lipinski definition) is 6. The number of piperidine rings is 1. The van der Waals surface area contributed by atoms with Gasteiger partial charge in [-0.1, -0.05) is 0 Å². The number of amides is 1. The van der Waals surface area contributed by atoms with Gasteiger partial charge >= 0.3 is 5.69 Å². The first-order valence-corrected chi connectivity index (χ1v) is 8.18. The Bertz CT molecular complexity index is 747. The number of nitrogens with one attached hydrogen (secondary N) is 1. The van der Waals surface area contributed by atoms with Gasteiger partial charge in [0, 0.05) is 6.04 Å². The van der Waals surface area contributed by atoms with Crippen LogP contribution in [-0.4, -0.2) is 57.0 Å². The zero-order chi connectivity index (χ0) is 18.0. The number of nitro groups is 1. The molecule has 1 saturated heterocycles. The Kier molecular flexibility index (Phi) is 4.84. The lowest BCUT2D eigenvalue weighted by Gasteiger charge is -2.36. The molecular weight excluding hydrogens is 326 g/mol. The summed E-state index contributed by atoms with van der Waals surface area (Å²) in [6, 6.07) is 3.54. The molecule has 25 heavy (non-hydrogen) atoms. The third kappa shape index (κ3) is 3.55. The van der Waals surface area contributed by atoms with Crippen LogP contribution in [0.4, 0.5) is 5.69 Å². The van der Waals surface area contributed by atoms with Crippen molar-refractivity contribution in [1.29, 1.82) is 0 Å². The van der Waals surface area contributed by atoms with Gasteiger partial charge in [-0.15, -0.1) is 0 Å². The Balaban J connectivity index is 1.90. The lowest BCUT2D eigenvalue weighted by molar-refractivity contribution is -0.385. The molecule has 2 aromatic heterocycles. The molecule has 9 heteroatoms. The van der Waals surface area contributed by atoms with Crippen molar-refractivity contribution in [3.8, 4) is 0 Å². The van der Waals surface area contributed by atoms with Crippen LogP contribution in [0.5, 0.6) is 0 Å². The molecule has 0 unspecified atom stereocenters. The van der Waals surface area contributed by atoms with Crippen molar-refractivity contribution in [2.75, 3.05) is 20.1 Å². The quantitative estimate of drug-likeness (QED) is 0.654. The van der Waals surface area contributed by atoms with Crippen LogP contribution in [0.15, 0.2) is 22.8 Å². The molecule has 0 aromatic carbocycles. The average Bonchev–Trinajstić information content (AvgIpc) is 3.22. The summed E-state index contributed by atoms with van der Waals surface area (Å²) in [5, 5.41) is 17.8. The lowest BCUT2D eigenvalue weighted by atomic mass is 10.0. The lowest BCUT2D eigenvalue weighted by Crippen LogP contribution is -2.46. The van der Waals surface area contributed by atoms with Crippen LogP contribution in [0.1, 0.15) is 34.8 Å². The van der Waals surface area contributed by atoms with E-state index in [0.29, 0.717) is 5.76 Å². The number of aromatic nitrogens is 2. The highest BCUT2D eigenvalue weighted by atomic mass is 16.6. The maximum Gasteiger partial charge on any atom is 0.322 e. The molecule has 3 rings (SSSR count). The van der Waals surface area contributed by atoms with Gasteiger partial charge in [0.15, 0.2) is 0 Å². The Morgan fingerprint density at radius 1 is 1.52 bits per heavy atom. The highest BCUT2D eigenvalue weighted by Crippen LogP contribution is 2.26. The van der Waals surface area contributed by atoms with E-state index in [9.17, 15) is 14.9 Å². The Labute approximate surface area is 144 Å². The van der Waals surface area contributed by atoms with Gasteiger partial charge in [0.2, 0.25) is 5.69 Å². The Morgan fingerprint density at radius 2 is 2.24 bits per heavy atom. The second-order valence-corrected chi connectivity index (χ2v) is 6.35. The number of aromatic amines is 1. The molecular formula is C16H21N5O4. The fraction of sp³-hybridized carbons (Fsp3) is 0.500. The molecule has 0 bridgehead atoms. The zero-order valence-corrected chi connectivity index (χ0v) is 14.3. The number of hydrogen-bond donors (Lipinski definition) is 1. The summed E-state index contributed by atoms with van der Waals surface area (Å²) in [7, 11) is 2.04. The molecule has 0 spiro atoms. The molecule has 0 atom stereocenters. The normalized spacial score (nSPS) is 16.1. The van der Waals surface area contributed by atoms with Crippen LogP contribution in [0.25, 0.3) is 0 Å². The fourth-order valence-electron chi connectivity index (χ4n) is 3.18. The van der Waals surface area contributed by atoms with E-state index in [1.54, 1.807) is 23.3 Å². The minimum absolute atomic E-state index is 0.00888. The van der Waals surface area contributed by atoms with Gasteiger partial charge in [-0.2, -0.15) is 5.10 Å². The van der Waals surface area contributed by atoms with Gasteiger partial charge in [0.05, 0.1) is 17.7 Å². The fourth-order valence-corrected chi connectivity index (χ4v) is 3.18. The molecule has 2 aromatic rings. The molecule has 9 nitrogen and oxygen atoms in total. The molecule has 1 aliphatic rings. The minimum Gasteiger partial charge on any atom is -0.467 e. The van der Waals surface area contributed by atoms with Crippen molar-refractivity contribution in [3.63, 3.8) is 0 Å². The summed E-state index contributed by atoms with van der Waals surface area (Å²) < 4.78 is 5.38. The van der Waals surface area contributed by atoms with E-state index in [-0.39, 0.29) is 29.7 Å². The van der Waals surface area contributed by atoms with Crippen LogP contribution in [0.2, 0.25) is 0 Å². The minimum atomic E-state index is -0.564. The van der Waals surface area contributed by atoms with Crippen molar-refractivity contribution >= 4 is 11.6 Å². The number of aryl methyl sites for hydroxylation is 1. The number of carbonyl (C=O) groups is 1. The predicted octanol–water partition coefficient (Wildman–Crippen LogP) is 1.96. The van der Waals surface area contributed by atoms with Gasteiger partial charge in [-0.05, 0) is 52.0 Å². The SMILES string of the molecule is Cc1[nH]nc(C(=O)N(Cc2ccco2)C2CCN(C)CC2)c1[N+](=O)[O-]. The van der Waals surface area contributed by atoms with E-state index in [2.05, 4.69) is 15.1 Å². The highest BCUT2D eigenvalue weighted by molar-refractivity contribution is 5.96. The predicted molar refractivity (Wildman–Crippen MR) is 89.1 cm³/mol. The van der Waals surface area contributed by atoms with E-state index < -0.39 is 10.8 Å². The third-order valence-corrected chi connectivity index (χ3v) is 4.60. The van der Waals surface area contributed by atoms with Crippen LogP contribution >= 0.6 is 0 Å². The van der Waals surface area contributed by atoms with Crippen molar-refractivity contribution in [1.82, 2.24) is 20.0 Å². The number of carbonyl (C=O) groups excluding carboxylic acids is 1. The molecule has 134 valence electrons. The smallest absolute Gasteiger partial charge is 0.322 e. The zero-order valence-electron chi connectivity index (χ0n) is 14.3. The first-order chi connectivity index (χ1) is 12.0. The maximum atomic E-state index is 13.1. The van der Waals surface area contributed by atoms with Crippen LogP contribution in [0.3, 0.4) is 0 Å². The molecule has 1 aliphatic heterocycles. The number of H-pyrrole nitrogens is 1. The van der Waals surface area contributed by atoms with E-state index in [1.807, 2.05) is 7.05 Å². The summed E-state index contributed by atoms with van der Waals surface area (Å²) in [5.41, 5.74) is -0.134. The van der Waals surface area contributed by atoms with E-state index in [0.717, 1.165) is 25.9 Å². The maximum absolute atomic E-state index is 13.1. The molecule has 0 saturated carbocycles. The molecule has 0 radical (unpaired) electrons. The van der Waals surface area contributed by atoms with Crippen LogP contribution < -0.4 is 0 Å². The summed E-state index contributed by atoms with van der Waals surface area (Å²) >= 11 is 0. The topological polar surface area (TPSA) is 109 Å². The molecule has 3 heterocycles. The van der Waals surface area contributed by atoms with Crippen molar-refractivity contribution < 1.29 is 14.1 Å². The van der Waals surface area contributed by atoms with Crippen LogP contribution in [0, 0.1) is 17.0 Å². The first-order valence-electron chi connectivity index (χ1n) is 8.18. The molecule has 1 fully saturated rings. The average molecular weight is 347 g/mol. The monoisotopic (exact) mass is 347 g/mol. The second kappa shape index (κ2) is 7.06. The molecule has 0 aliphatic carbocycles. The number of nitrogens with zero attached hydrogens (tertiary/aromatic N) is 4. The summed E-state index contributed by atoms with van der Waals surface area (Å²) in [6.45, 7) is 3.54. The van der Waals surface area contributed by atoms with Gasteiger partial charge in [0.1, 0.15) is 11.5 Å². The second-order valence-electron chi connectivity index (χ2n) is 6.35. The van der Waals surface area contributed by atoms with E-state index >= 15 is 0 Å². The van der Waals surface area contributed by atoms with Gasteiger partial charge in [-0.3, -0.25) is 20.0 Å². The number of likely N-dealkylation sites (tertiary alicyclic amines) is 1.